The van der Waals surface area contributed by atoms with Crippen LogP contribution in [0.1, 0.15) is 50.7 Å². The lowest BCUT2D eigenvalue weighted by molar-refractivity contribution is -0.140. The van der Waals surface area contributed by atoms with E-state index in [1.165, 1.54) is 17.4 Å². The minimum Gasteiger partial charge on any atom is -0.490 e. The minimum absolute atomic E-state index is 0.172. The zero-order chi connectivity index (χ0) is 26.9. The van der Waals surface area contributed by atoms with Gasteiger partial charge in [0.15, 0.2) is 0 Å². The summed E-state index contributed by atoms with van der Waals surface area (Å²) in [5, 5.41) is 0. The predicted molar refractivity (Wildman–Crippen MR) is 145 cm³/mol. The van der Waals surface area contributed by atoms with E-state index in [1.54, 1.807) is 18.2 Å². The van der Waals surface area contributed by atoms with Gasteiger partial charge >= 0.3 is 11.9 Å². The fourth-order valence-electron chi connectivity index (χ4n) is 3.45. The smallest absolute Gasteiger partial charge is 0.310 e. The van der Waals surface area contributed by atoms with Crippen molar-refractivity contribution in [1.82, 2.24) is 0 Å². The van der Waals surface area contributed by atoms with Crippen molar-refractivity contribution in [2.24, 2.45) is 0 Å². The first-order chi connectivity index (χ1) is 17.9. The van der Waals surface area contributed by atoms with Gasteiger partial charge in [-0.3, -0.25) is 9.59 Å². The fraction of sp³-hybridized carbons (Fsp3) is 0.290. The highest BCUT2D eigenvalue weighted by atomic mass is 16.5. The van der Waals surface area contributed by atoms with Crippen LogP contribution >= 0.6 is 0 Å². The highest BCUT2D eigenvalue weighted by molar-refractivity contribution is 5.71. The van der Waals surface area contributed by atoms with E-state index in [2.05, 4.69) is 56.0 Å². The Morgan fingerprint density at radius 2 is 1.27 bits per heavy atom. The molecule has 0 N–H and O–H groups in total. The normalized spacial score (nSPS) is 11.3. The number of benzene rings is 2. The first-order valence-electron chi connectivity index (χ1n) is 12.3. The average Bonchev–Trinajstić information content (AvgIpc) is 2.90. The standard InChI is InChI=1S/C31H36O6/c1-5-22-35-27-18-14-25(15-19-27)31(3,4)26-16-20-28(21-17-26)36-23-10-7-11-24-37-30(33)13-9-8-12-29(32)34-6-2/h5-7,10-11,14-21,24H,1-2,8-9,12-13,22-23H2,3-4H3. The van der Waals surface area contributed by atoms with Crippen LogP contribution in [0.5, 0.6) is 11.5 Å². The number of allylic oxidation sites excluding steroid dienone is 2. The summed E-state index contributed by atoms with van der Waals surface area (Å²) in [5.41, 5.74) is 2.20. The highest BCUT2D eigenvalue weighted by Gasteiger charge is 2.23. The van der Waals surface area contributed by atoms with Gasteiger partial charge < -0.3 is 18.9 Å². The third-order valence-electron chi connectivity index (χ3n) is 5.62. The summed E-state index contributed by atoms with van der Waals surface area (Å²) in [5.74, 6) is 0.888. The van der Waals surface area contributed by atoms with Crippen LogP contribution in [0.25, 0.3) is 0 Å². The number of hydrogen-bond donors (Lipinski definition) is 0. The van der Waals surface area contributed by atoms with Crippen molar-refractivity contribution >= 4 is 11.9 Å². The second-order valence-electron chi connectivity index (χ2n) is 8.69. The molecule has 0 spiro atoms. The third-order valence-corrected chi connectivity index (χ3v) is 5.62. The molecule has 0 saturated heterocycles. The quantitative estimate of drug-likeness (QED) is 0.0822. The molecule has 0 fully saturated rings. The Balaban J connectivity index is 1.71. The molecule has 0 radical (unpaired) electrons. The molecule has 196 valence electrons. The largest absolute Gasteiger partial charge is 0.490 e. The molecule has 0 aliphatic heterocycles. The van der Waals surface area contributed by atoms with Gasteiger partial charge in [-0.05, 0) is 60.4 Å². The van der Waals surface area contributed by atoms with Gasteiger partial charge in [-0.15, -0.1) is 0 Å². The lowest BCUT2D eigenvalue weighted by Gasteiger charge is -2.26. The first-order valence-corrected chi connectivity index (χ1v) is 12.3. The Morgan fingerprint density at radius 3 is 1.78 bits per heavy atom. The molecule has 0 aliphatic carbocycles. The van der Waals surface area contributed by atoms with Crippen LogP contribution in [0.15, 0.2) is 98.5 Å². The zero-order valence-corrected chi connectivity index (χ0v) is 21.7. The summed E-state index contributed by atoms with van der Waals surface area (Å²) < 4.78 is 21.0. The van der Waals surface area contributed by atoms with E-state index in [0.717, 1.165) is 17.8 Å². The van der Waals surface area contributed by atoms with Crippen LogP contribution in [0, 0.1) is 0 Å². The molecular weight excluding hydrogens is 468 g/mol. The maximum Gasteiger partial charge on any atom is 0.310 e. The SMILES string of the molecule is C=CCOc1ccc(C(C)(C)c2ccc(OCC=CC=COC(=O)CCCCC(=O)OC=C)cc2)cc1. The van der Waals surface area contributed by atoms with Gasteiger partial charge in [0.05, 0.1) is 12.5 Å². The number of esters is 2. The Bertz CT molecular complexity index is 1060. The van der Waals surface area contributed by atoms with Gasteiger partial charge in [-0.2, -0.15) is 0 Å². The van der Waals surface area contributed by atoms with Gasteiger partial charge in [0, 0.05) is 18.3 Å². The molecule has 0 unspecified atom stereocenters. The van der Waals surface area contributed by atoms with Gasteiger partial charge in [-0.1, -0.05) is 63.4 Å². The molecule has 0 saturated carbocycles. The van der Waals surface area contributed by atoms with E-state index < -0.39 is 0 Å². The Morgan fingerprint density at radius 1 is 0.757 bits per heavy atom. The Hall–Kier alpha value is -4.06. The van der Waals surface area contributed by atoms with Crippen molar-refractivity contribution in [3.63, 3.8) is 0 Å². The van der Waals surface area contributed by atoms with E-state index in [1.807, 2.05) is 30.3 Å². The van der Waals surface area contributed by atoms with Gasteiger partial charge in [0.25, 0.3) is 0 Å². The molecule has 6 nitrogen and oxygen atoms in total. The van der Waals surface area contributed by atoms with E-state index in [4.69, 9.17) is 14.2 Å². The first kappa shape index (κ1) is 29.2. The second kappa shape index (κ2) is 15.8. The molecule has 2 aromatic carbocycles. The van der Waals surface area contributed by atoms with Crippen LogP contribution in [0.2, 0.25) is 0 Å². The van der Waals surface area contributed by atoms with Gasteiger partial charge in [0.1, 0.15) is 24.7 Å². The van der Waals surface area contributed by atoms with E-state index in [-0.39, 0.29) is 30.2 Å². The molecular formula is C31H36O6. The van der Waals surface area contributed by atoms with Crippen molar-refractivity contribution in [1.29, 1.82) is 0 Å². The molecule has 0 aromatic heterocycles. The molecule has 0 heterocycles. The van der Waals surface area contributed by atoms with E-state index in [0.29, 0.717) is 26.1 Å². The number of rotatable bonds is 16. The Kier molecular flexibility index (Phi) is 12.5. The minimum atomic E-state index is -0.354. The molecule has 0 atom stereocenters. The summed E-state index contributed by atoms with van der Waals surface area (Å²) >= 11 is 0. The molecule has 2 rings (SSSR count). The fourth-order valence-corrected chi connectivity index (χ4v) is 3.45. The molecule has 37 heavy (non-hydrogen) atoms. The monoisotopic (exact) mass is 504 g/mol. The summed E-state index contributed by atoms with van der Waals surface area (Å²) in [4.78, 5) is 22.8. The molecule has 6 heteroatoms. The van der Waals surface area contributed by atoms with Crippen molar-refractivity contribution in [3.05, 3.63) is 110 Å². The number of hydrogen-bond acceptors (Lipinski definition) is 6. The highest BCUT2D eigenvalue weighted by Crippen LogP contribution is 2.33. The Labute approximate surface area is 219 Å². The number of unbranched alkanes of at least 4 members (excludes halogenated alkanes) is 1. The van der Waals surface area contributed by atoms with Crippen molar-refractivity contribution in [2.45, 2.75) is 44.9 Å². The van der Waals surface area contributed by atoms with Crippen molar-refractivity contribution < 1.29 is 28.5 Å². The average molecular weight is 505 g/mol. The second-order valence-corrected chi connectivity index (χ2v) is 8.69. The topological polar surface area (TPSA) is 71.1 Å². The van der Waals surface area contributed by atoms with Crippen molar-refractivity contribution in [3.8, 4) is 11.5 Å². The molecule has 2 aromatic rings. The van der Waals surface area contributed by atoms with Gasteiger partial charge in [-0.25, -0.2) is 0 Å². The van der Waals surface area contributed by atoms with Crippen LogP contribution in [0.4, 0.5) is 0 Å². The molecule has 0 bridgehead atoms. The summed E-state index contributed by atoms with van der Waals surface area (Å²) in [6, 6.07) is 16.2. The lowest BCUT2D eigenvalue weighted by Crippen LogP contribution is -2.18. The zero-order valence-electron chi connectivity index (χ0n) is 21.7. The molecule has 0 amide bonds. The summed E-state index contributed by atoms with van der Waals surface area (Å²) in [6.45, 7) is 12.2. The van der Waals surface area contributed by atoms with E-state index >= 15 is 0 Å². The lowest BCUT2D eigenvalue weighted by atomic mass is 9.78. The van der Waals surface area contributed by atoms with E-state index in [9.17, 15) is 9.59 Å². The predicted octanol–water partition coefficient (Wildman–Crippen LogP) is 6.82. The third kappa shape index (κ3) is 10.6. The van der Waals surface area contributed by atoms with Crippen molar-refractivity contribution in [2.75, 3.05) is 13.2 Å². The van der Waals surface area contributed by atoms with Crippen LogP contribution in [0.3, 0.4) is 0 Å². The maximum atomic E-state index is 11.7. The van der Waals surface area contributed by atoms with Crippen LogP contribution < -0.4 is 9.47 Å². The summed E-state index contributed by atoms with van der Waals surface area (Å²) in [6.07, 6.45) is 10.9. The van der Waals surface area contributed by atoms with Gasteiger partial charge in [0.2, 0.25) is 0 Å². The van der Waals surface area contributed by atoms with Crippen LogP contribution in [-0.4, -0.2) is 25.2 Å². The van der Waals surface area contributed by atoms with Crippen LogP contribution in [-0.2, 0) is 24.5 Å². The summed E-state index contributed by atoms with van der Waals surface area (Å²) in [7, 11) is 0. The number of ether oxygens (including phenoxy) is 4. The number of carbonyl (C=O) groups excluding carboxylic acids is 2. The number of carbonyl (C=O) groups is 2. The molecule has 0 aliphatic rings. The maximum absolute atomic E-state index is 11.7.